The maximum atomic E-state index is 5.94. The van der Waals surface area contributed by atoms with Gasteiger partial charge in [0.2, 0.25) is 0 Å². The third kappa shape index (κ3) is 4.03. The molecular weight excluding hydrogens is 376 g/mol. The highest BCUT2D eigenvalue weighted by atomic mass is 16.5. The van der Waals surface area contributed by atoms with Crippen molar-refractivity contribution in [2.24, 2.45) is 11.5 Å². The van der Waals surface area contributed by atoms with Gasteiger partial charge in [-0.25, -0.2) is 9.97 Å². The molecule has 0 saturated heterocycles. The van der Waals surface area contributed by atoms with Crippen LogP contribution in [0.5, 0.6) is 5.75 Å². The van der Waals surface area contributed by atoms with Crippen molar-refractivity contribution >= 4 is 46.4 Å². The number of nitrogens with two attached hydrogens (primary N) is 2. The van der Waals surface area contributed by atoms with Crippen LogP contribution >= 0.6 is 0 Å². The molecule has 0 spiro atoms. The van der Waals surface area contributed by atoms with Crippen LogP contribution in [0.2, 0.25) is 0 Å². The molecule has 5 heterocycles. The highest BCUT2D eigenvalue weighted by Gasteiger charge is 2.06. The molecule has 3 aromatic rings. The van der Waals surface area contributed by atoms with Gasteiger partial charge in [0.05, 0.1) is 41.1 Å². The molecule has 2 aliphatic rings. The van der Waals surface area contributed by atoms with Crippen LogP contribution in [0.3, 0.4) is 0 Å². The Morgan fingerprint density at radius 1 is 0.733 bits per heavy atom. The Morgan fingerprint density at radius 2 is 1.30 bits per heavy atom. The lowest BCUT2D eigenvalue weighted by molar-refractivity contribution is 0.302. The number of aromatic amines is 2. The fraction of sp³-hybridized carbons (Fsp3) is 0.130. The van der Waals surface area contributed by atoms with Crippen molar-refractivity contribution in [3.8, 4) is 5.75 Å². The van der Waals surface area contributed by atoms with Crippen LogP contribution in [-0.2, 0) is 0 Å². The van der Waals surface area contributed by atoms with E-state index in [9.17, 15) is 0 Å². The fourth-order valence-electron chi connectivity index (χ4n) is 3.42. The summed E-state index contributed by atoms with van der Waals surface area (Å²) in [5.74, 6) is 0.728. The molecule has 0 aliphatic carbocycles. The van der Waals surface area contributed by atoms with Gasteiger partial charge in [0.15, 0.2) is 0 Å². The average Bonchev–Trinajstić information content (AvgIpc) is 3.47. The lowest BCUT2D eigenvalue weighted by atomic mass is 10.3. The van der Waals surface area contributed by atoms with E-state index in [-0.39, 0.29) is 0 Å². The van der Waals surface area contributed by atoms with Crippen molar-refractivity contribution in [2.75, 3.05) is 6.61 Å². The monoisotopic (exact) mass is 398 g/mol. The lowest BCUT2D eigenvalue weighted by Gasteiger charge is -2.06. The molecule has 7 heteroatoms. The van der Waals surface area contributed by atoms with E-state index in [1.54, 1.807) is 0 Å². The van der Waals surface area contributed by atoms with Gasteiger partial charge in [-0.2, -0.15) is 0 Å². The second-order valence-corrected chi connectivity index (χ2v) is 7.34. The molecule has 0 fully saturated rings. The molecule has 0 saturated carbocycles. The highest BCUT2D eigenvalue weighted by Crippen LogP contribution is 2.24. The van der Waals surface area contributed by atoms with Gasteiger partial charge in [-0.1, -0.05) is 0 Å². The Balaban J connectivity index is 1.70. The van der Waals surface area contributed by atoms with Gasteiger partial charge in [-0.15, -0.1) is 0 Å². The van der Waals surface area contributed by atoms with Gasteiger partial charge in [0.25, 0.3) is 0 Å². The Hall–Kier alpha value is -3.68. The van der Waals surface area contributed by atoms with Gasteiger partial charge in [-0.05, 0) is 60.7 Å². The van der Waals surface area contributed by atoms with E-state index in [2.05, 4.69) is 19.9 Å². The number of rotatable bonds is 4. The summed E-state index contributed by atoms with van der Waals surface area (Å²) in [5.41, 5.74) is 18.5. The molecule has 5 rings (SSSR count). The van der Waals surface area contributed by atoms with E-state index in [1.807, 2.05) is 66.8 Å². The van der Waals surface area contributed by atoms with Crippen LogP contribution in [0.1, 0.15) is 29.2 Å². The molecule has 0 atom stereocenters. The quantitative estimate of drug-likeness (QED) is 0.345. The molecule has 7 nitrogen and oxygen atoms in total. The van der Waals surface area contributed by atoms with E-state index in [1.165, 1.54) is 0 Å². The second kappa shape index (κ2) is 7.62. The minimum absolute atomic E-state index is 0.400. The van der Waals surface area contributed by atoms with Gasteiger partial charge in [0.1, 0.15) is 5.75 Å². The maximum absolute atomic E-state index is 5.94. The number of fused-ring (bicyclic) bond motifs is 8. The zero-order valence-corrected chi connectivity index (χ0v) is 16.3. The summed E-state index contributed by atoms with van der Waals surface area (Å²) in [6, 6.07) is 14.0. The van der Waals surface area contributed by atoms with Crippen LogP contribution in [-0.4, -0.2) is 32.7 Å². The zero-order chi connectivity index (χ0) is 20.5. The highest BCUT2D eigenvalue weighted by molar-refractivity contribution is 5.79. The number of hydrogen-bond donors (Lipinski definition) is 4. The first-order valence-electron chi connectivity index (χ1n) is 9.83. The van der Waals surface area contributed by atoms with E-state index in [0.717, 1.165) is 50.6 Å². The molecule has 0 unspecified atom stereocenters. The fourth-order valence-corrected chi connectivity index (χ4v) is 3.42. The summed E-state index contributed by atoms with van der Waals surface area (Å²) >= 11 is 0. The summed E-state index contributed by atoms with van der Waals surface area (Å²) in [4.78, 5) is 16.1. The Labute approximate surface area is 173 Å². The Bertz CT molecular complexity index is 1310. The average molecular weight is 398 g/mol. The van der Waals surface area contributed by atoms with Gasteiger partial charge in [-0.3, -0.25) is 0 Å². The number of aromatic nitrogens is 4. The first kappa shape index (κ1) is 18.4. The summed E-state index contributed by atoms with van der Waals surface area (Å²) in [5, 5.41) is 0. The molecule has 0 aromatic carbocycles. The standard InChI is InChI=1S/C23H22N6O/c24-23(25)7-8-30-22-13-20-11-18-4-3-16(27-18)9-14-1-2-15(26-14)10-17-5-6-19(28-17)12-21(22)29-20/h1-6,9-13,23,26,29H,7-8,24-25H2. The van der Waals surface area contributed by atoms with Crippen LogP contribution in [0.15, 0.2) is 42.5 Å². The SMILES string of the molecule is NC(N)CCOc1cc2cc3nc(cc4ccc(cc5nc(cc1[nH]2)C=C5)[nH]4)C=C3. The van der Waals surface area contributed by atoms with Crippen molar-refractivity contribution < 1.29 is 4.74 Å². The van der Waals surface area contributed by atoms with Gasteiger partial charge >= 0.3 is 0 Å². The summed E-state index contributed by atoms with van der Waals surface area (Å²) < 4.78 is 5.94. The minimum atomic E-state index is -0.400. The van der Waals surface area contributed by atoms with Crippen molar-refractivity contribution in [2.45, 2.75) is 12.6 Å². The lowest BCUT2D eigenvalue weighted by Crippen LogP contribution is -2.31. The maximum Gasteiger partial charge on any atom is 0.144 e. The third-order valence-electron chi connectivity index (χ3n) is 4.84. The smallest absolute Gasteiger partial charge is 0.144 e. The molecular formula is C23H22N6O. The van der Waals surface area contributed by atoms with E-state index < -0.39 is 6.17 Å². The number of nitrogens with one attached hydrogen (secondary N) is 2. The van der Waals surface area contributed by atoms with Gasteiger partial charge < -0.3 is 26.2 Å². The Kier molecular flexibility index (Phi) is 4.66. The molecule has 3 aromatic heterocycles. The van der Waals surface area contributed by atoms with Gasteiger partial charge in [0, 0.05) is 29.0 Å². The largest absolute Gasteiger partial charge is 0.491 e. The van der Waals surface area contributed by atoms with Crippen LogP contribution in [0.25, 0.3) is 46.4 Å². The molecule has 150 valence electrons. The predicted octanol–water partition coefficient (Wildman–Crippen LogP) is 3.67. The van der Waals surface area contributed by atoms with Crippen molar-refractivity contribution in [1.29, 1.82) is 0 Å². The molecule has 30 heavy (non-hydrogen) atoms. The molecule has 8 bridgehead atoms. The first-order chi connectivity index (χ1) is 14.6. The minimum Gasteiger partial charge on any atom is -0.491 e. The van der Waals surface area contributed by atoms with Crippen molar-refractivity contribution in [1.82, 2.24) is 19.9 Å². The van der Waals surface area contributed by atoms with Crippen molar-refractivity contribution in [3.05, 3.63) is 65.2 Å². The number of H-pyrrole nitrogens is 2. The first-order valence-corrected chi connectivity index (χ1v) is 9.83. The topological polar surface area (TPSA) is 119 Å². The van der Waals surface area contributed by atoms with Crippen LogP contribution in [0.4, 0.5) is 0 Å². The summed E-state index contributed by atoms with van der Waals surface area (Å²) in [6.07, 6.45) is 8.12. The van der Waals surface area contributed by atoms with Crippen molar-refractivity contribution in [3.63, 3.8) is 0 Å². The summed E-state index contributed by atoms with van der Waals surface area (Å²) in [7, 11) is 0. The number of nitrogens with zero attached hydrogens (tertiary/aromatic N) is 2. The van der Waals surface area contributed by atoms with E-state index >= 15 is 0 Å². The third-order valence-corrected chi connectivity index (χ3v) is 4.84. The van der Waals surface area contributed by atoms with E-state index in [4.69, 9.17) is 16.2 Å². The van der Waals surface area contributed by atoms with E-state index in [0.29, 0.717) is 13.0 Å². The molecule has 2 aliphatic heterocycles. The number of ether oxygens (including phenoxy) is 1. The normalized spacial score (nSPS) is 12.6. The predicted molar refractivity (Wildman–Crippen MR) is 121 cm³/mol. The molecule has 0 amide bonds. The van der Waals surface area contributed by atoms with Crippen LogP contribution in [0, 0.1) is 0 Å². The number of hydrogen-bond acceptors (Lipinski definition) is 5. The summed E-state index contributed by atoms with van der Waals surface area (Å²) in [6.45, 7) is 0.436. The Morgan fingerprint density at radius 3 is 1.90 bits per heavy atom. The molecule has 0 radical (unpaired) electrons. The second-order valence-electron chi connectivity index (χ2n) is 7.34. The van der Waals surface area contributed by atoms with Crippen LogP contribution < -0.4 is 16.2 Å². The zero-order valence-electron chi connectivity index (χ0n) is 16.3. The molecule has 6 N–H and O–H groups in total.